The summed E-state index contributed by atoms with van der Waals surface area (Å²) in [6, 6.07) is 8.39. The number of carbonyl (C=O) groups excluding carboxylic acids is 1. The fourth-order valence-corrected chi connectivity index (χ4v) is 16.9. The van der Waals surface area contributed by atoms with Crippen molar-refractivity contribution in [2.75, 3.05) is 6.29 Å². The molecule has 0 aliphatic carbocycles. The molecule has 1 rings (SSSR count). The smallest absolute Gasteiger partial charge is 0.411 e. The lowest BCUT2D eigenvalue weighted by molar-refractivity contribution is -0.142. The van der Waals surface area contributed by atoms with Crippen molar-refractivity contribution in [3.05, 3.63) is 35.9 Å². The molecule has 0 fully saturated rings. The summed E-state index contributed by atoms with van der Waals surface area (Å²) in [7, 11) is 0. The lowest BCUT2D eigenvalue weighted by atomic mass is 10.2. The number of rotatable bonds is 11. The molecule has 0 saturated carbocycles. The van der Waals surface area contributed by atoms with Crippen LogP contribution in [0.1, 0.15) is 46.6 Å². The van der Waals surface area contributed by atoms with Crippen LogP contribution in [0.2, 0.25) is 0 Å². The van der Waals surface area contributed by atoms with Gasteiger partial charge in [-0.15, -0.1) is 22.8 Å². The number of carboxylic acids is 1. The van der Waals surface area contributed by atoms with Crippen LogP contribution in [0, 0.1) is 0 Å². The van der Waals surface area contributed by atoms with Gasteiger partial charge in [0.25, 0.3) is 0 Å². The first-order valence-electron chi connectivity index (χ1n) is 9.24. The SMILES string of the molecule is CCC(C(=O)O)N(CP(=S)(SC(C)C)SC(C)C)C(=O)OCc1ccccc1. The Labute approximate surface area is 181 Å². The second-order valence-corrected chi connectivity index (χ2v) is 19.6. The normalized spacial score (nSPS) is 12.8. The Morgan fingerprint density at radius 1 is 1.14 bits per heavy atom. The standard InChI is InChI=1S/C19H30NO4PS3/c1-6-17(18(21)22)20(13-25(26,27-14(2)3)28-15(4)5)19(23)24-12-16-10-8-7-9-11-16/h7-11,14-15,17H,6,12-13H2,1-5H3,(H,21,22). The van der Waals surface area contributed by atoms with Gasteiger partial charge < -0.3 is 9.84 Å². The Bertz CT molecular complexity index is 671. The van der Waals surface area contributed by atoms with Crippen LogP contribution in [0.3, 0.4) is 0 Å². The average molecular weight is 464 g/mol. The molecule has 1 unspecified atom stereocenters. The van der Waals surface area contributed by atoms with Gasteiger partial charge in [-0.05, 0) is 12.0 Å². The number of amides is 1. The molecule has 0 aliphatic rings. The van der Waals surface area contributed by atoms with Crippen LogP contribution in [0.5, 0.6) is 0 Å². The van der Waals surface area contributed by atoms with E-state index in [0.29, 0.717) is 16.9 Å². The molecule has 0 spiro atoms. The number of nitrogens with zero attached hydrogens (tertiary/aromatic N) is 1. The highest BCUT2D eigenvalue weighted by Crippen LogP contribution is 2.72. The summed E-state index contributed by atoms with van der Waals surface area (Å²) < 4.78 is 3.34. The number of hydrogen-bond acceptors (Lipinski definition) is 6. The maximum atomic E-state index is 12.9. The van der Waals surface area contributed by atoms with Crippen LogP contribution in [0.4, 0.5) is 4.79 Å². The number of hydrogen-bond donors (Lipinski definition) is 1. The fraction of sp³-hybridized carbons (Fsp3) is 0.579. The van der Waals surface area contributed by atoms with Gasteiger partial charge >= 0.3 is 12.1 Å². The van der Waals surface area contributed by atoms with E-state index in [2.05, 4.69) is 27.7 Å². The fourth-order valence-electron chi connectivity index (χ4n) is 2.53. The minimum atomic E-state index is -2.12. The van der Waals surface area contributed by atoms with Gasteiger partial charge in [0.2, 0.25) is 0 Å². The van der Waals surface area contributed by atoms with Crippen molar-refractivity contribution < 1.29 is 19.4 Å². The second kappa shape index (κ2) is 12.1. The summed E-state index contributed by atoms with van der Waals surface area (Å²) in [4.78, 5) is 26.0. The molecular weight excluding hydrogens is 433 g/mol. The number of carbonyl (C=O) groups is 2. The number of aliphatic carboxylic acids is 1. The van der Waals surface area contributed by atoms with E-state index in [1.807, 2.05) is 30.3 Å². The van der Waals surface area contributed by atoms with Crippen LogP contribution in [0.15, 0.2) is 30.3 Å². The summed E-state index contributed by atoms with van der Waals surface area (Å²) in [6.45, 7) is 10.1. The van der Waals surface area contributed by atoms with Crippen molar-refractivity contribution in [1.82, 2.24) is 4.90 Å². The molecule has 158 valence electrons. The van der Waals surface area contributed by atoms with Crippen molar-refractivity contribution >= 4 is 51.1 Å². The van der Waals surface area contributed by atoms with Gasteiger partial charge in [-0.3, -0.25) is 4.90 Å². The first-order valence-corrected chi connectivity index (χ1v) is 15.2. The lowest BCUT2D eigenvalue weighted by Gasteiger charge is -2.34. The van der Waals surface area contributed by atoms with Crippen molar-refractivity contribution in [2.45, 2.75) is 64.2 Å². The first-order chi connectivity index (χ1) is 13.1. The molecule has 0 aliphatic heterocycles. The zero-order chi connectivity index (χ0) is 21.3. The van der Waals surface area contributed by atoms with E-state index in [1.54, 1.807) is 29.7 Å². The van der Waals surface area contributed by atoms with Gasteiger partial charge in [-0.1, -0.05) is 76.8 Å². The highest BCUT2D eigenvalue weighted by molar-refractivity contribution is 9.00. The molecule has 0 heterocycles. The Morgan fingerprint density at radius 2 is 1.68 bits per heavy atom. The quantitative estimate of drug-likeness (QED) is 0.401. The Hall–Kier alpha value is -0.690. The average Bonchev–Trinajstić information content (AvgIpc) is 2.58. The monoisotopic (exact) mass is 463 g/mol. The Balaban J connectivity index is 3.06. The molecule has 0 bridgehead atoms. The third kappa shape index (κ3) is 8.76. The molecular formula is C19H30NO4PS3. The molecule has 5 nitrogen and oxygen atoms in total. The molecule has 28 heavy (non-hydrogen) atoms. The summed E-state index contributed by atoms with van der Waals surface area (Å²) in [6.07, 6.45) is -0.1000. The van der Waals surface area contributed by atoms with Crippen molar-refractivity contribution in [3.63, 3.8) is 0 Å². The van der Waals surface area contributed by atoms with Gasteiger partial charge in [0.15, 0.2) is 0 Å². The van der Waals surface area contributed by atoms with Gasteiger partial charge in [0.05, 0.1) is 10.7 Å². The minimum Gasteiger partial charge on any atom is -0.480 e. The largest absolute Gasteiger partial charge is 0.480 e. The molecule has 1 atom stereocenters. The van der Waals surface area contributed by atoms with Gasteiger partial charge in [0.1, 0.15) is 12.6 Å². The van der Waals surface area contributed by atoms with E-state index in [0.717, 1.165) is 5.56 Å². The van der Waals surface area contributed by atoms with E-state index in [4.69, 9.17) is 16.5 Å². The van der Waals surface area contributed by atoms with E-state index >= 15 is 0 Å². The van der Waals surface area contributed by atoms with Crippen molar-refractivity contribution in [3.8, 4) is 0 Å². The van der Waals surface area contributed by atoms with Gasteiger partial charge in [-0.25, -0.2) is 9.59 Å². The lowest BCUT2D eigenvalue weighted by Crippen LogP contribution is -2.45. The third-order valence-corrected chi connectivity index (χ3v) is 14.3. The van der Waals surface area contributed by atoms with Crippen LogP contribution in [0.25, 0.3) is 0 Å². The summed E-state index contributed by atoms with van der Waals surface area (Å²) >= 11 is 9.33. The molecule has 0 saturated heterocycles. The van der Waals surface area contributed by atoms with E-state index < -0.39 is 22.5 Å². The second-order valence-electron chi connectivity index (χ2n) is 6.83. The maximum absolute atomic E-state index is 12.9. The minimum absolute atomic E-state index is 0.101. The third-order valence-electron chi connectivity index (χ3n) is 3.56. The topological polar surface area (TPSA) is 66.8 Å². The molecule has 1 amide bonds. The summed E-state index contributed by atoms with van der Waals surface area (Å²) in [5, 5.41) is 10.2. The zero-order valence-corrected chi connectivity index (χ0v) is 20.4. The van der Waals surface area contributed by atoms with Crippen LogP contribution in [-0.2, 0) is 27.9 Å². The van der Waals surface area contributed by atoms with E-state index in [9.17, 15) is 14.7 Å². The molecule has 1 aromatic rings. The van der Waals surface area contributed by atoms with Crippen molar-refractivity contribution in [2.24, 2.45) is 0 Å². The van der Waals surface area contributed by atoms with Crippen LogP contribution in [-0.4, -0.2) is 44.9 Å². The molecule has 0 radical (unpaired) electrons. The molecule has 9 heteroatoms. The van der Waals surface area contributed by atoms with Gasteiger partial charge in [0, 0.05) is 10.5 Å². The summed E-state index contributed by atoms with van der Waals surface area (Å²) in [5.41, 5.74) is 0.853. The highest BCUT2D eigenvalue weighted by Gasteiger charge is 2.35. The number of carboxylic acid groups (broad SMARTS) is 1. The molecule has 0 aromatic heterocycles. The van der Waals surface area contributed by atoms with E-state index in [-0.39, 0.29) is 12.9 Å². The molecule has 1 N–H and O–H groups in total. The maximum Gasteiger partial charge on any atom is 0.411 e. The Kier molecular flexibility index (Phi) is 11.0. The predicted molar refractivity (Wildman–Crippen MR) is 125 cm³/mol. The summed E-state index contributed by atoms with van der Waals surface area (Å²) in [5.74, 6) is -1.04. The molecule has 1 aromatic carbocycles. The predicted octanol–water partition coefficient (Wildman–Crippen LogP) is 6.04. The van der Waals surface area contributed by atoms with Crippen LogP contribution < -0.4 is 0 Å². The van der Waals surface area contributed by atoms with Gasteiger partial charge in [-0.2, -0.15) is 0 Å². The zero-order valence-electron chi connectivity index (χ0n) is 17.0. The highest BCUT2D eigenvalue weighted by atomic mass is 33.2. The van der Waals surface area contributed by atoms with Crippen LogP contribution >= 0.6 is 27.2 Å². The Morgan fingerprint density at radius 3 is 2.11 bits per heavy atom. The number of benzene rings is 1. The first kappa shape index (κ1) is 25.3. The number of ether oxygens (including phenoxy) is 1. The van der Waals surface area contributed by atoms with Crippen molar-refractivity contribution in [1.29, 1.82) is 0 Å². The van der Waals surface area contributed by atoms with E-state index in [1.165, 1.54) is 4.90 Å².